The number of nitrogens with one attached hydrogen (secondary N) is 1. The number of likely N-dealkylation sites (N-methyl/N-ethyl adjacent to an activating group) is 1. The fraction of sp³-hybridized carbons (Fsp3) is 0.385. The predicted octanol–water partition coefficient (Wildman–Crippen LogP) is 0.0573. The Bertz CT molecular complexity index is 579. The second kappa shape index (κ2) is 5.96. The van der Waals surface area contributed by atoms with E-state index >= 15 is 0 Å². The van der Waals surface area contributed by atoms with E-state index in [0.717, 1.165) is 6.07 Å². The number of amides is 1. The molecule has 0 bridgehead atoms. The molecule has 1 amide bonds. The first kappa shape index (κ1) is 15.0. The fourth-order valence-corrected chi connectivity index (χ4v) is 2.32. The molecule has 114 valence electrons. The summed E-state index contributed by atoms with van der Waals surface area (Å²) < 4.78 is 18.8. The smallest absolute Gasteiger partial charge is 0.340 e. The van der Waals surface area contributed by atoms with Gasteiger partial charge >= 0.3 is 5.97 Å². The maximum absolute atomic E-state index is 13.5. The molecule has 1 aromatic rings. The van der Waals surface area contributed by atoms with Crippen LogP contribution in [-0.4, -0.2) is 49.8 Å². The Labute approximate surface area is 120 Å². The molecule has 0 radical (unpaired) electrons. The van der Waals surface area contributed by atoms with Gasteiger partial charge in [0.05, 0.1) is 24.6 Å². The molecule has 1 heterocycles. The third-order valence-electron chi connectivity index (χ3n) is 3.37. The van der Waals surface area contributed by atoms with Crippen LogP contribution in [0.25, 0.3) is 0 Å². The van der Waals surface area contributed by atoms with E-state index in [9.17, 15) is 19.1 Å². The van der Waals surface area contributed by atoms with Crippen LogP contribution in [0.1, 0.15) is 10.4 Å². The first-order valence-corrected chi connectivity index (χ1v) is 6.34. The normalized spacial score (nSPS) is 18.4. The van der Waals surface area contributed by atoms with E-state index in [4.69, 9.17) is 10.5 Å². The number of aromatic carboxylic acids is 1. The molecule has 1 unspecified atom stereocenters. The van der Waals surface area contributed by atoms with Crippen LogP contribution < -0.4 is 16.0 Å². The first-order valence-electron chi connectivity index (χ1n) is 6.34. The Kier molecular flexibility index (Phi) is 4.27. The van der Waals surface area contributed by atoms with Crippen LogP contribution in [-0.2, 0) is 9.53 Å². The van der Waals surface area contributed by atoms with Crippen molar-refractivity contribution in [2.24, 2.45) is 0 Å². The lowest BCUT2D eigenvalue weighted by Crippen LogP contribution is -2.53. The number of ether oxygens (including phenoxy) is 1. The summed E-state index contributed by atoms with van der Waals surface area (Å²) in [6.45, 7) is 0.767. The fourth-order valence-electron chi connectivity index (χ4n) is 2.32. The van der Waals surface area contributed by atoms with Crippen molar-refractivity contribution in [3.63, 3.8) is 0 Å². The van der Waals surface area contributed by atoms with Gasteiger partial charge in [-0.05, 0) is 12.1 Å². The van der Waals surface area contributed by atoms with E-state index in [2.05, 4.69) is 5.32 Å². The third kappa shape index (κ3) is 2.75. The van der Waals surface area contributed by atoms with Crippen LogP contribution >= 0.6 is 0 Å². The molecular formula is C13H16FN3O4. The Morgan fingerprint density at radius 3 is 2.86 bits per heavy atom. The summed E-state index contributed by atoms with van der Waals surface area (Å²) in [7, 11) is 1.48. The zero-order valence-electron chi connectivity index (χ0n) is 11.4. The van der Waals surface area contributed by atoms with Crippen molar-refractivity contribution in [2.45, 2.75) is 6.04 Å². The van der Waals surface area contributed by atoms with Crippen molar-refractivity contribution in [3.05, 3.63) is 23.5 Å². The Balaban J connectivity index is 2.50. The Morgan fingerprint density at radius 2 is 2.24 bits per heavy atom. The van der Waals surface area contributed by atoms with Crippen LogP contribution in [0.4, 0.5) is 15.8 Å². The zero-order chi connectivity index (χ0) is 15.6. The average molecular weight is 297 g/mol. The molecule has 0 aromatic heterocycles. The van der Waals surface area contributed by atoms with Gasteiger partial charge in [-0.2, -0.15) is 0 Å². The molecule has 1 fully saturated rings. The molecule has 2 rings (SSSR count). The monoisotopic (exact) mass is 297 g/mol. The highest BCUT2D eigenvalue weighted by Crippen LogP contribution is 2.30. The van der Waals surface area contributed by atoms with E-state index in [1.165, 1.54) is 13.1 Å². The van der Waals surface area contributed by atoms with Crippen molar-refractivity contribution in [1.82, 2.24) is 5.32 Å². The van der Waals surface area contributed by atoms with Gasteiger partial charge in [-0.25, -0.2) is 9.18 Å². The largest absolute Gasteiger partial charge is 0.478 e. The second-order valence-corrected chi connectivity index (χ2v) is 4.56. The quantitative estimate of drug-likeness (QED) is 0.681. The summed E-state index contributed by atoms with van der Waals surface area (Å²) in [6.07, 6.45) is 0. The number of carboxylic acid groups (broad SMARTS) is 1. The molecule has 0 aliphatic carbocycles. The average Bonchev–Trinajstić information content (AvgIpc) is 2.48. The summed E-state index contributed by atoms with van der Waals surface area (Å²) in [5.41, 5.74) is 4.95. The molecule has 1 aliphatic heterocycles. The van der Waals surface area contributed by atoms with Crippen LogP contribution in [0.5, 0.6) is 0 Å². The predicted molar refractivity (Wildman–Crippen MR) is 73.8 cm³/mol. The van der Waals surface area contributed by atoms with Gasteiger partial charge in [0.15, 0.2) is 0 Å². The Hall–Kier alpha value is -2.35. The number of nitrogens with zero attached hydrogens (tertiary/aromatic N) is 1. The number of carbonyl (C=O) groups excluding carboxylic acids is 1. The highest BCUT2D eigenvalue weighted by Gasteiger charge is 2.32. The molecule has 8 heteroatoms. The van der Waals surface area contributed by atoms with Crippen molar-refractivity contribution in [3.8, 4) is 0 Å². The highest BCUT2D eigenvalue weighted by molar-refractivity contribution is 6.01. The minimum atomic E-state index is -1.34. The van der Waals surface area contributed by atoms with E-state index < -0.39 is 23.5 Å². The number of nitrogen functional groups attached to an aromatic ring is 1. The van der Waals surface area contributed by atoms with Crippen molar-refractivity contribution in [2.75, 3.05) is 37.4 Å². The number of anilines is 2. The lowest BCUT2D eigenvalue weighted by Gasteiger charge is -2.36. The number of halogens is 1. The molecule has 1 aliphatic rings. The van der Waals surface area contributed by atoms with Crippen molar-refractivity contribution < 1.29 is 23.8 Å². The van der Waals surface area contributed by atoms with Gasteiger partial charge in [0.1, 0.15) is 17.4 Å². The number of hydrogen-bond donors (Lipinski definition) is 3. The second-order valence-electron chi connectivity index (χ2n) is 4.56. The third-order valence-corrected chi connectivity index (χ3v) is 3.37. The minimum Gasteiger partial charge on any atom is -0.478 e. The topological polar surface area (TPSA) is 105 Å². The Morgan fingerprint density at radius 1 is 1.52 bits per heavy atom. The van der Waals surface area contributed by atoms with Crippen LogP contribution in [0.3, 0.4) is 0 Å². The van der Waals surface area contributed by atoms with Gasteiger partial charge in [0, 0.05) is 13.6 Å². The van der Waals surface area contributed by atoms with Crippen molar-refractivity contribution in [1.29, 1.82) is 0 Å². The summed E-state index contributed by atoms with van der Waals surface area (Å²) in [4.78, 5) is 24.8. The van der Waals surface area contributed by atoms with Gasteiger partial charge in [-0.15, -0.1) is 0 Å². The molecule has 0 saturated carbocycles. The molecule has 7 nitrogen and oxygen atoms in total. The maximum atomic E-state index is 13.5. The van der Waals surface area contributed by atoms with E-state index in [1.807, 2.05) is 0 Å². The molecule has 21 heavy (non-hydrogen) atoms. The van der Waals surface area contributed by atoms with Gasteiger partial charge < -0.3 is 25.8 Å². The van der Waals surface area contributed by atoms with Gasteiger partial charge in [0.2, 0.25) is 5.91 Å². The molecule has 4 N–H and O–H groups in total. The standard InChI is InChI=1S/C13H16FN3O4/c1-16-12(18)9-6-21-5-4-17(9)8-3-2-7(14)11(15)10(8)13(19)20/h2-3,9H,4-6,15H2,1H3,(H,16,18)(H,19,20). The van der Waals surface area contributed by atoms with Crippen LogP contribution in [0.15, 0.2) is 12.1 Å². The van der Waals surface area contributed by atoms with Crippen molar-refractivity contribution >= 4 is 23.3 Å². The molecule has 1 saturated heterocycles. The number of nitrogens with two attached hydrogens (primary N) is 1. The lowest BCUT2D eigenvalue weighted by atomic mass is 10.1. The first-order chi connectivity index (χ1) is 9.97. The van der Waals surface area contributed by atoms with Crippen LogP contribution in [0.2, 0.25) is 0 Å². The number of hydrogen-bond acceptors (Lipinski definition) is 5. The van der Waals surface area contributed by atoms with Gasteiger partial charge in [-0.1, -0.05) is 0 Å². The number of carboxylic acids is 1. The minimum absolute atomic E-state index is 0.121. The van der Waals surface area contributed by atoms with Gasteiger partial charge in [0.25, 0.3) is 0 Å². The maximum Gasteiger partial charge on any atom is 0.340 e. The zero-order valence-corrected chi connectivity index (χ0v) is 11.4. The van der Waals surface area contributed by atoms with Crippen LogP contribution in [0, 0.1) is 5.82 Å². The summed E-state index contributed by atoms with van der Waals surface area (Å²) in [5.74, 6) is -2.46. The SMILES string of the molecule is CNC(=O)C1COCCN1c1ccc(F)c(N)c1C(=O)O. The number of benzene rings is 1. The number of rotatable bonds is 3. The van der Waals surface area contributed by atoms with E-state index in [0.29, 0.717) is 13.2 Å². The highest BCUT2D eigenvalue weighted by atomic mass is 19.1. The molecular weight excluding hydrogens is 281 g/mol. The number of morpholine rings is 1. The van der Waals surface area contributed by atoms with Gasteiger partial charge in [-0.3, -0.25) is 4.79 Å². The summed E-state index contributed by atoms with van der Waals surface area (Å²) in [6, 6.07) is 1.72. The summed E-state index contributed by atoms with van der Waals surface area (Å²) >= 11 is 0. The summed E-state index contributed by atoms with van der Waals surface area (Å²) in [5, 5.41) is 11.8. The molecule has 1 atom stereocenters. The van der Waals surface area contributed by atoms with E-state index in [-0.39, 0.29) is 23.8 Å². The lowest BCUT2D eigenvalue weighted by molar-refractivity contribution is -0.124. The molecule has 1 aromatic carbocycles. The van der Waals surface area contributed by atoms with E-state index in [1.54, 1.807) is 4.90 Å². The molecule has 0 spiro atoms. The number of carbonyl (C=O) groups is 2.